The molecular weight excluding hydrogens is 1690 g/mol. The molecule has 0 spiro atoms. The molecule has 0 N–H and O–H groups in total. The third-order valence-corrected chi connectivity index (χ3v) is 29.6. The van der Waals surface area contributed by atoms with Crippen molar-refractivity contribution in [2.24, 2.45) is 0 Å². The van der Waals surface area contributed by atoms with Gasteiger partial charge in [0.25, 0.3) is 0 Å². The number of para-hydroxylation sites is 17. The number of ether oxygens (including phenoxy) is 1. The van der Waals surface area contributed by atoms with Crippen LogP contribution in [-0.2, 0) is 12.8 Å². The maximum atomic E-state index is 6.01. The Bertz CT molecular complexity index is 7020. The molecule has 10 heteroatoms. The molecule has 664 valence electrons. The van der Waals surface area contributed by atoms with E-state index in [-0.39, 0.29) is 0 Å². The van der Waals surface area contributed by atoms with Crippen molar-refractivity contribution in [1.29, 1.82) is 0 Å². The minimum absolute atomic E-state index is 0.886. The Morgan fingerprint density at radius 2 is 0.412 bits per heavy atom. The largest absolute Gasteiger partial charge is 0.453 e. The van der Waals surface area contributed by atoms with Crippen molar-refractivity contribution >= 4 is 153 Å². The highest BCUT2D eigenvalue weighted by Crippen LogP contribution is 2.68. The third-order valence-electron chi connectivity index (χ3n) is 25.6. The van der Waals surface area contributed by atoms with Gasteiger partial charge in [0, 0.05) is 70.8 Å². The van der Waals surface area contributed by atoms with E-state index in [1.165, 1.54) is 178 Å². The predicted molar refractivity (Wildman–Crippen MR) is 580 cm³/mol. The fraction of sp³-hybridized carbons (Fsp3) is 0.0794. The molecule has 6 aliphatic rings. The van der Waals surface area contributed by atoms with Gasteiger partial charge in [0.2, 0.25) is 0 Å². The van der Waals surface area contributed by atoms with Crippen LogP contribution in [0.3, 0.4) is 0 Å². The Hall–Kier alpha value is -16.0. The molecule has 0 radical (unpaired) electrons. The molecule has 8 nitrogen and oxygen atoms in total. The normalized spacial score (nSPS) is 13.3. The lowest BCUT2D eigenvalue weighted by Crippen LogP contribution is -2.23. The molecule has 0 saturated heterocycles. The average molecular weight is 1800 g/mol. The number of benzene rings is 19. The molecule has 0 amide bonds. The number of hydrogen-bond donors (Lipinski definition) is 0. The second-order valence-electron chi connectivity index (χ2n) is 35.2. The van der Waals surface area contributed by atoms with Gasteiger partial charge >= 0.3 is 0 Å². The quantitative estimate of drug-likeness (QED) is 0.155. The Labute approximate surface area is 807 Å². The zero-order chi connectivity index (χ0) is 92.6. The molecule has 0 aromatic heterocycles. The molecule has 0 atom stereocenters. The van der Waals surface area contributed by atoms with Gasteiger partial charge in [-0.15, -0.1) is 0 Å². The van der Waals surface area contributed by atoms with Crippen LogP contribution in [0.15, 0.2) is 487 Å². The minimum atomic E-state index is -0.992. The summed E-state index contributed by atoms with van der Waals surface area (Å²) in [4.78, 5) is 21.9. The number of nitrogens with zero attached hydrogens (tertiary/aromatic N) is 7. The Morgan fingerprint density at radius 1 is 0.191 bits per heavy atom. The zero-order valence-electron chi connectivity index (χ0n) is 77.9. The molecule has 0 fully saturated rings. The van der Waals surface area contributed by atoms with Crippen LogP contribution in [0.2, 0.25) is 0 Å². The lowest BCUT2D eigenvalue weighted by Gasteiger charge is -2.45. The fourth-order valence-corrected chi connectivity index (χ4v) is 22.2. The summed E-state index contributed by atoms with van der Waals surface area (Å²) in [6.07, 6.45) is 11.4. The lowest BCUT2D eigenvalue weighted by molar-refractivity contribution is 0.477. The molecular formula is C126H107N7OS2. The SMILES string of the molecule is Cc1ccc(N2c3ccccc3C=Cc3ccccc32)cc1.Cc1ccc(N2c3ccccc3CCc3ccccc32)cc1.Cc1ccc(N2c3ccccc3N(c3ccccc3)c3ccccc32)cc1.Cc1ccc(N2c3ccccc3Oc3ccccc32)cc1.Cc1ccc(N2c3ccccc3S(C)(C)c3ccccc32)cc1.Cc1ccc(N2c3ccccc3Sc3ccccc32)cc1. The first-order valence-electron chi connectivity index (χ1n) is 46.6. The van der Waals surface area contributed by atoms with Gasteiger partial charge < -0.3 is 39.0 Å². The summed E-state index contributed by atoms with van der Waals surface area (Å²) in [7, 11) is -0.992. The van der Waals surface area contributed by atoms with Crippen LogP contribution >= 0.6 is 21.8 Å². The van der Waals surface area contributed by atoms with E-state index in [0.717, 1.165) is 41.4 Å². The average Bonchev–Trinajstić information content (AvgIpc) is 0.944. The molecule has 0 saturated carbocycles. The summed E-state index contributed by atoms with van der Waals surface area (Å²) in [5.74, 6) is 1.77. The summed E-state index contributed by atoms with van der Waals surface area (Å²) < 4.78 is 6.01. The Kier molecular flexibility index (Phi) is 25.5. The number of hydrogen-bond acceptors (Lipinski definition) is 9. The molecule has 0 aliphatic carbocycles. The topological polar surface area (TPSA) is 31.9 Å². The van der Waals surface area contributed by atoms with Crippen molar-refractivity contribution in [3.8, 4) is 11.5 Å². The first-order chi connectivity index (χ1) is 66.7. The maximum absolute atomic E-state index is 6.01. The van der Waals surface area contributed by atoms with Gasteiger partial charge in [0.15, 0.2) is 11.5 Å². The highest BCUT2D eigenvalue weighted by molar-refractivity contribution is 8.33. The van der Waals surface area contributed by atoms with Crippen LogP contribution in [0.25, 0.3) is 12.2 Å². The van der Waals surface area contributed by atoms with Gasteiger partial charge in [0.1, 0.15) is 0 Å². The molecule has 6 heterocycles. The van der Waals surface area contributed by atoms with Gasteiger partial charge in [-0.05, 0) is 295 Å². The summed E-state index contributed by atoms with van der Waals surface area (Å²) in [6, 6.07) is 166. The fourth-order valence-electron chi connectivity index (χ4n) is 18.7. The minimum Gasteiger partial charge on any atom is -0.453 e. The first-order valence-corrected chi connectivity index (χ1v) is 49.9. The third kappa shape index (κ3) is 18.2. The zero-order valence-corrected chi connectivity index (χ0v) is 79.5. The van der Waals surface area contributed by atoms with Crippen LogP contribution in [-0.4, -0.2) is 12.5 Å². The van der Waals surface area contributed by atoms with Crippen LogP contribution in [0.5, 0.6) is 11.5 Å². The second-order valence-corrected chi connectivity index (χ2v) is 39.8. The molecule has 0 unspecified atom stereocenters. The first kappa shape index (κ1) is 88.0. The number of fused-ring (bicyclic) bond motifs is 12. The molecule has 25 rings (SSSR count). The molecule has 136 heavy (non-hydrogen) atoms. The van der Waals surface area contributed by atoms with Crippen LogP contribution in [0.4, 0.5) is 119 Å². The van der Waals surface area contributed by atoms with Gasteiger partial charge in [-0.1, -0.05) is 318 Å². The molecule has 19 aromatic carbocycles. The van der Waals surface area contributed by atoms with Gasteiger partial charge in [-0.2, -0.15) is 10.0 Å². The van der Waals surface area contributed by atoms with Crippen molar-refractivity contribution in [3.05, 3.63) is 523 Å². The van der Waals surface area contributed by atoms with Gasteiger partial charge in [0.05, 0.1) is 68.2 Å². The van der Waals surface area contributed by atoms with Crippen LogP contribution in [0.1, 0.15) is 55.6 Å². The van der Waals surface area contributed by atoms with E-state index in [0.29, 0.717) is 0 Å². The van der Waals surface area contributed by atoms with E-state index in [9.17, 15) is 0 Å². The lowest BCUT2D eigenvalue weighted by atomic mass is 10.0. The van der Waals surface area contributed by atoms with E-state index in [1.54, 1.807) is 0 Å². The van der Waals surface area contributed by atoms with E-state index in [4.69, 9.17) is 4.74 Å². The molecule has 0 bridgehead atoms. The standard InChI is InChI=1S/C25H20N2.C21H21NS.C21H19N.C21H17N.C19H15NO.C19H15NS/c1-19-15-17-21(18-16-19)27-24-13-7-5-11-22(24)26(20-9-3-2-4-10-20)23-12-6-8-14-25(23)27;1-16-12-14-17(15-13-16)22-18-8-4-6-10-20(18)23(2,3)21-11-7-5-9-19(21)22;2*1-16-10-14-19(15-11-16)22-20-8-4-2-6-17(20)12-13-18-7-3-5-9-21(18)22;2*1-14-10-12-15(13-11-14)20-16-6-2-4-8-18(16)21-19-9-5-3-7-17(19)20/h2-18H,1H3;4-15H,1-3H3;2-11,14-15H,12-13H2,1H3;2-15H,1H3;2*2-13H,1H3. The maximum Gasteiger partial charge on any atom is 0.151 e. The number of rotatable bonds is 7. The predicted octanol–water partition coefficient (Wildman–Crippen LogP) is 36.5. The monoisotopic (exact) mass is 1800 g/mol. The number of anilines is 21. The summed E-state index contributed by atoms with van der Waals surface area (Å²) in [5, 5.41) is 0. The molecule has 19 aromatic rings. The smallest absolute Gasteiger partial charge is 0.151 e. The van der Waals surface area contributed by atoms with Crippen LogP contribution < -0.4 is 39.0 Å². The van der Waals surface area contributed by atoms with Crippen LogP contribution in [0, 0.1) is 41.5 Å². The van der Waals surface area contributed by atoms with Gasteiger partial charge in [-0.25, -0.2) is 0 Å². The van der Waals surface area contributed by atoms with E-state index < -0.39 is 10.0 Å². The molecule has 6 aliphatic heterocycles. The van der Waals surface area contributed by atoms with E-state index in [2.05, 4.69) is 531 Å². The van der Waals surface area contributed by atoms with Crippen molar-refractivity contribution in [1.82, 2.24) is 0 Å². The Balaban J connectivity index is 0.000000101. The van der Waals surface area contributed by atoms with E-state index in [1.807, 2.05) is 48.2 Å². The summed E-state index contributed by atoms with van der Waals surface area (Å²) >= 11 is 1.84. The van der Waals surface area contributed by atoms with Crippen molar-refractivity contribution < 1.29 is 4.74 Å². The van der Waals surface area contributed by atoms with Crippen molar-refractivity contribution in [2.45, 2.75) is 74.0 Å². The highest BCUT2D eigenvalue weighted by atomic mass is 32.3. The highest BCUT2D eigenvalue weighted by Gasteiger charge is 2.35. The van der Waals surface area contributed by atoms with E-state index >= 15 is 0 Å². The Morgan fingerprint density at radius 3 is 0.757 bits per heavy atom. The summed E-state index contributed by atoms with van der Waals surface area (Å²) in [5.41, 5.74) is 38.4. The summed E-state index contributed by atoms with van der Waals surface area (Å²) in [6.45, 7) is 12.7. The number of aryl methyl sites for hydroxylation is 8. The van der Waals surface area contributed by atoms with Gasteiger partial charge in [-0.3, -0.25) is 0 Å². The van der Waals surface area contributed by atoms with Crippen molar-refractivity contribution in [3.63, 3.8) is 0 Å². The second kappa shape index (κ2) is 39.4. The van der Waals surface area contributed by atoms with Crippen molar-refractivity contribution in [2.75, 3.05) is 46.8 Å².